The van der Waals surface area contributed by atoms with Crippen molar-refractivity contribution in [2.45, 2.75) is 6.04 Å². The summed E-state index contributed by atoms with van der Waals surface area (Å²) in [5, 5.41) is 15.0. The summed E-state index contributed by atoms with van der Waals surface area (Å²) in [6, 6.07) is 15.1. The number of thiophene rings is 3. The SMILES string of the molecule is C1=C/C2=C(\c3ccsc3)c3ccc([nH]3)C3C=CC(=N3)/C(c3ccsc3)=c3/cc/c([nH]3)=C(\c3ccsc3)C1=N2. The molecule has 5 aromatic heterocycles. The number of H-pyrrole nitrogens is 2. The van der Waals surface area contributed by atoms with Crippen LogP contribution in [-0.4, -0.2) is 21.4 Å². The van der Waals surface area contributed by atoms with Gasteiger partial charge in [0.15, 0.2) is 0 Å². The van der Waals surface area contributed by atoms with Crippen molar-refractivity contribution in [1.82, 2.24) is 9.97 Å². The van der Waals surface area contributed by atoms with Gasteiger partial charge in [0, 0.05) is 38.8 Å². The molecule has 0 aliphatic carbocycles. The van der Waals surface area contributed by atoms with Gasteiger partial charge in [0.2, 0.25) is 0 Å². The fourth-order valence-corrected chi connectivity index (χ4v) is 7.28. The number of hydrogen-bond donors (Lipinski definition) is 2. The average Bonchev–Trinajstić information content (AvgIpc) is 3.76. The Hall–Kier alpha value is -4.04. The molecule has 0 aromatic carbocycles. The second-order valence-electron chi connectivity index (χ2n) is 9.31. The lowest BCUT2D eigenvalue weighted by Crippen LogP contribution is -2.20. The maximum absolute atomic E-state index is 5.23. The quantitative estimate of drug-likeness (QED) is 0.262. The molecule has 5 aromatic rings. The largest absolute Gasteiger partial charge is 0.356 e. The van der Waals surface area contributed by atoms with E-state index < -0.39 is 0 Å². The van der Waals surface area contributed by atoms with Crippen LogP contribution < -0.4 is 10.7 Å². The minimum atomic E-state index is -0.0632. The van der Waals surface area contributed by atoms with Crippen molar-refractivity contribution >= 4 is 62.2 Å². The van der Waals surface area contributed by atoms with E-state index in [9.17, 15) is 0 Å². The van der Waals surface area contributed by atoms with Crippen LogP contribution in [-0.2, 0) is 0 Å². The van der Waals surface area contributed by atoms with Crippen molar-refractivity contribution in [2.75, 3.05) is 0 Å². The van der Waals surface area contributed by atoms with Crippen LogP contribution in [0.5, 0.6) is 0 Å². The molecule has 38 heavy (non-hydrogen) atoms. The predicted octanol–water partition coefficient (Wildman–Crippen LogP) is 6.46. The van der Waals surface area contributed by atoms with E-state index in [0.29, 0.717) is 0 Å². The number of rotatable bonds is 3. The predicted molar refractivity (Wildman–Crippen MR) is 161 cm³/mol. The Morgan fingerprint density at radius 3 is 1.92 bits per heavy atom. The first-order valence-electron chi connectivity index (χ1n) is 12.3. The molecule has 1 unspecified atom stereocenters. The summed E-state index contributed by atoms with van der Waals surface area (Å²) in [7, 11) is 0. The van der Waals surface area contributed by atoms with E-state index in [1.54, 1.807) is 34.0 Å². The van der Waals surface area contributed by atoms with E-state index in [1.165, 1.54) is 5.56 Å². The van der Waals surface area contributed by atoms with Gasteiger partial charge in [-0.3, -0.25) is 4.99 Å². The monoisotopic (exact) mass is 544 g/mol. The molecule has 3 aliphatic rings. The van der Waals surface area contributed by atoms with Crippen molar-refractivity contribution in [3.8, 4) is 0 Å². The lowest BCUT2D eigenvalue weighted by Gasteiger charge is -2.08. The lowest BCUT2D eigenvalue weighted by molar-refractivity contribution is 0.890. The summed E-state index contributed by atoms with van der Waals surface area (Å²) in [4.78, 5) is 17.8. The van der Waals surface area contributed by atoms with E-state index in [1.807, 2.05) is 0 Å². The van der Waals surface area contributed by atoms with Gasteiger partial charge >= 0.3 is 0 Å². The van der Waals surface area contributed by atoms with Gasteiger partial charge in [-0.2, -0.15) is 34.0 Å². The molecular formula is C31H20N4S3. The number of aliphatic imine (C=N–C) groups is 2. The van der Waals surface area contributed by atoms with Gasteiger partial charge in [-0.05, 0) is 110 Å². The maximum Gasteiger partial charge on any atom is 0.109 e. The third-order valence-electron chi connectivity index (χ3n) is 7.07. The van der Waals surface area contributed by atoms with E-state index in [2.05, 4.69) is 109 Å². The highest BCUT2D eigenvalue weighted by Gasteiger charge is 2.23. The third-order valence-corrected chi connectivity index (χ3v) is 9.12. The molecule has 0 fully saturated rings. The summed E-state index contributed by atoms with van der Waals surface area (Å²) in [5.41, 5.74) is 11.8. The first-order valence-corrected chi connectivity index (χ1v) is 15.1. The van der Waals surface area contributed by atoms with Crippen LogP contribution in [0.15, 0.2) is 115 Å². The number of nitrogens with zero attached hydrogens (tertiary/aromatic N) is 2. The summed E-state index contributed by atoms with van der Waals surface area (Å²) >= 11 is 5.10. The number of hydrogen-bond acceptors (Lipinski definition) is 5. The Morgan fingerprint density at radius 2 is 1.26 bits per heavy atom. The zero-order valence-electron chi connectivity index (χ0n) is 20.0. The van der Waals surface area contributed by atoms with Crippen LogP contribution in [0.25, 0.3) is 16.7 Å². The maximum atomic E-state index is 5.23. The molecule has 1 atom stereocenters. The van der Waals surface area contributed by atoms with Crippen LogP contribution >= 0.6 is 34.0 Å². The van der Waals surface area contributed by atoms with Crippen molar-refractivity contribution in [3.63, 3.8) is 0 Å². The average molecular weight is 545 g/mol. The Labute approximate surface area is 230 Å². The van der Waals surface area contributed by atoms with Crippen LogP contribution in [0, 0.1) is 0 Å². The van der Waals surface area contributed by atoms with Crippen LogP contribution in [0.3, 0.4) is 0 Å². The molecule has 7 heteroatoms. The van der Waals surface area contributed by atoms with Gasteiger partial charge in [0.25, 0.3) is 0 Å². The summed E-state index contributed by atoms with van der Waals surface area (Å²) in [6.07, 6.45) is 8.62. The van der Waals surface area contributed by atoms with E-state index >= 15 is 0 Å². The van der Waals surface area contributed by atoms with E-state index in [4.69, 9.17) is 9.98 Å². The second-order valence-corrected chi connectivity index (χ2v) is 11.6. The molecule has 0 saturated heterocycles. The number of allylic oxidation sites excluding steroid dienone is 3. The Kier molecular flexibility index (Phi) is 5.07. The number of fused-ring (bicyclic) bond motifs is 7. The molecule has 8 heterocycles. The number of aromatic nitrogens is 2. The molecule has 2 N–H and O–H groups in total. The summed E-state index contributed by atoms with van der Waals surface area (Å²) < 4.78 is 0. The first-order chi connectivity index (χ1) is 18.8. The molecule has 0 spiro atoms. The fourth-order valence-electron chi connectivity index (χ4n) is 5.34. The second kappa shape index (κ2) is 8.77. The van der Waals surface area contributed by atoms with Gasteiger partial charge < -0.3 is 9.97 Å². The lowest BCUT2D eigenvalue weighted by atomic mass is 10.0. The van der Waals surface area contributed by atoms with Gasteiger partial charge in [-0.15, -0.1) is 0 Å². The Balaban J connectivity index is 1.48. The van der Waals surface area contributed by atoms with Crippen LogP contribution in [0.2, 0.25) is 0 Å². The highest BCUT2D eigenvalue weighted by Crippen LogP contribution is 2.35. The van der Waals surface area contributed by atoms with E-state index in [0.717, 1.165) is 67.1 Å². The zero-order chi connectivity index (χ0) is 25.1. The van der Waals surface area contributed by atoms with Crippen LogP contribution in [0.1, 0.15) is 34.1 Å². The molecule has 0 amide bonds. The van der Waals surface area contributed by atoms with Crippen molar-refractivity contribution < 1.29 is 0 Å². The van der Waals surface area contributed by atoms with E-state index in [-0.39, 0.29) is 6.04 Å². The zero-order valence-corrected chi connectivity index (χ0v) is 22.5. The number of aromatic amines is 2. The Bertz CT molecular complexity index is 1950. The molecule has 8 bridgehead atoms. The normalized spacial score (nSPS) is 22.9. The molecule has 182 valence electrons. The standard InChI is InChI=1S/C31H20N4S3/c1-3-23-29(18-9-12-36-15-18)25-5-7-27(34-25)31(20-11-14-38-17-20)28-8-6-26(35-28)30(19-10-13-37-16-19)24-4-2-22(33-24)21(1)32-23/h1-17,21,33-34H/b29-25-,30-26-,31-27-. The smallest absolute Gasteiger partial charge is 0.109 e. The first kappa shape index (κ1) is 22.0. The summed E-state index contributed by atoms with van der Waals surface area (Å²) in [5.74, 6) is 0. The van der Waals surface area contributed by atoms with Gasteiger partial charge in [-0.1, -0.05) is 6.08 Å². The third kappa shape index (κ3) is 3.55. The van der Waals surface area contributed by atoms with Gasteiger partial charge in [0.1, 0.15) is 6.04 Å². The highest BCUT2D eigenvalue weighted by atomic mass is 32.1. The van der Waals surface area contributed by atoms with Crippen molar-refractivity contribution in [1.29, 1.82) is 0 Å². The van der Waals surface area contributed by atoms with Crippen molar-refractivity contribution in [3.05, 3.63) is 144 Å². The van der Waals surface area contributed by atoms with Gasteiger partial charge in [-0.25, -0.2) is 4.99 Å². The number of nitrogens with one attached hydrogen (secondary N) is 2. The minimum Gasteiger partial charge on any atom is -0.356 e. The summed E-state index contributed by atoms with van der Waals surface area (Å²) in [6.45, 7) is 0. The van der Waals surface area contributed by atoms with Crippen LogP contribution in [0.4, 0.5) is 0 Å². The Morgan fingerprint density at radius 1 is 0.605 bits per heavy atom. The molecule has 4 nitrogen and oxygen atoms in total. The molecule has 0 saturated carbocycles. The fraction of sp³-hybridized carbons (Fsp3) is 0.0323. The highest BCUT2D eigenvalue weighted by molar-refractivity contribution is 7.08. The minimum absolute atomic E-state index is 0.0632. The van der Waals surface area contributed by atoms with Gasteiger partial charge in [0.05, 0.1) is 17.1 Å². The van der Waals surface area contributed by atoms with Crippen molar-refractivity contribution in [2.24, 2.45) is 9.98 Å². The topological polar surface area (TPSA) is 56.3 Å². The molecule has 3 aliphatic heterocycles. The molecule has 8 rings (SSSR count). The molecule has 0 radical (unpaired) electrons. The molecular weight excluding hydrogens is 525 g/mol.